The molecule has 1 aromatic heterocycles. The summed E-state index contributed by atoms with van der Waals surface area (Å²) >= 11 is 0. The fraction of sp³-hybridized carbons (Fsp3) is 0.400. The molecule has 2 atom stereocenters. The molecule has 0 unspecified atom stereocenters. The fourth-order valence-corrected chi connectivity index (χ4v) is 2.63. The first-order valence-electron chi connectivity index (χ1n) is 7.30. The Morgan fingerprint density at radius 3 is 2.91 bits per heavy atom. The lowest BCUT2D eigenvalue weighted by molar-refractivity contribution is 0.144. The van der Waals surface area contributed by atoms with Crippen molar-refractivity contribution in [3.63, 3.8) is 0 Å². The Labute approximate surface area is 128 Å². The number of amides is 2. The maximum absolute atomic E-state index is 12.1. The van der Waals surface area contributed by atoms with Crippen LogP contribution in [-0.2, 0) is 6.42 Å². The predicted molar refractivity (Wildman–Crippen MR) is 81.5 cm³/mol. The number of nitrogens with one attached hydrogen (secondary N) is 2. The summed E-state index contributed by atoms with van der Waals surface area (Å²) in [5.74, 6) is 0.381. The Balaban J connectivity index is 1.67. The molecule has 3 N–H and O–H groups in total. The molecule has 7 heteroatoms. The van der Waals surface area contributed by atoms with Crippen molar-refractivity contribution in [2.24, 2.45) is 0 Å². The summed E-state index contributed by atoms with van der Waals surface area (Å²) < 4.78 is 1.66. The zero-order valence-corrected chi connectivity index (χ0v) is 12.5. The number of rotatable bonds is 3. The number of carbonyl (C=O) groups is 1. The molecule has 0 fully saturated rings. The zero-order chi connectivity index (χ0) is 15.7. The van der Waals surface area contributed by atoms with E-state index < -0.39 is 18.2 Å². The van der Waals surface area contributed by atoms with Crippen LogP contribution >= 0.6 is 0 Å². The molecule has 0 saturated heterocycles. The van der Waals surface area contributed by atoms with E-state index in [9.17, 15) is 9.90 Å². The van der Waals surface area contributed by atoms with E-state index in [4.69, 9.17) is 0 Å². The lowest BCUT2D eigenvalue weighted by Gasteiger charge is -2.17. The topological polar surface area (TPSA) is 92.1 Å². The van der Waals surface area contributed by atoms with Gasteiger partial charge in [-0.2, -0.15) is 0 Å². The summed E-state index contributed by atoms with van der Waals surface area (Å²) in [7, 11) is 0. The van der Waals surface area contributed by atoms with Crippen LogP contribution in [-0.4, -0.2) is 32.2 Å². The summed E-state index contributed by atoms with van der Waals surface area (Å²) in [6.45, 7) is 3.95. The van der Waals surface area contributed by atoms with Crippen molar-refractivity contribution in [2.75, 3.05) is 5.32 Å². The second kappa shape index (κ2) is 5.76. The number of urea groups is 1. The predicted octanol–water partition coefficient (Wildman–Crippen LogP) is 1.64. The number of nitrogens with zero attached hydrogens (tertiary/aromatic N) is 3. The molecule has 3 rings (SSSR count). The van der Waals surface area contributed by atoms with E-state index >= 15 is 0 Å². The molecule has 22 heavy (non-hydrogen) atoms. The minimum absolute atomic E-state index is 0.176. The smallest absolute Gasteiger partial charge is 0.321 e. The molecule has 0 aliphatic heterocycles. The molecule has 1 aliphatic rings. The van der Waals surface area contributed by atoms with Gasteiger partial charge in [-0.15, -0.1) is 5.10 Å². The van der Waals surface area contributed by atoms with Gasteiger partial charge in [-0.25, -0.2) is 9.48 Å². The normalized spacial score (nSPS) is 20.0. The van der Waals surface area contributed by atoms with Crippen molar-refractivity contribution < 1.29 is 9.90 Å². The summed E-state index contributed by atoms with van der Waals surface area (Å²) in [5, 5.41) is 23.4. The number of hydrogen-bond acceptors (Lipinski definition) is 4. The van der Waals surface area contributed by atoms with Crippen LogP contribution in [0.1, 0.15) is 37.1 Å². The fourth-order valence-electron chi connectivity index (χ4n) is 2.63. The molecule has 1 heterocycles. The van der Waals surface area contributed by atoms with Crippen LogP contribution in [0.25, 0.3) is 0 Å². The van der Waals surface area contributed by atoms with Crippen LogP contribution < -0.4 is 10.6 Å². The molecule has 7 nitrogen and oxygen atoms in total. The summed E-state index contributed by atoms with van der Waals surface area (Å²) in [4.78, 5) is 12.1. The van der Waals surface area contributed by atoms with Gasteiger partial charge in [-0.3, -0.25) is 5.32 Å². The van der Waals surface area contributed by atoms with Gasteiger partial charge in [0.25, 0.3) is 0 Å². The first-order chi connectivity index (χ1) is 10.5. The lowest BCUT2D eigenvalue weighted by atomic mass is 10.1. The highest BCUT2D eigenvalue weighted by Gasteiger charge is 2.31. The van der Waals surface area contributed by atoms with Gasteiger partial charge in [0.05, 0.1) is 18.3 Å². The van der Waals surface area contributed by atoms with Gasteiger partial charge in [-0.1, -0.05) is 29.5 Å². The number of aliphatic hydroxyl groups is 1. The van der Waals surface area contributed by atoms with Gasteiger partial charge >= 0.3 is 6.03 Å². The maximum Gasteiger partial charge on any atom is 0.321 e. The zero-order valence-electron chi connectivity index (χ0n) is 12.5. The van der Waals surface area contributed by atoms with Crippen molar-refractivity contribution in [1.82, 2.24) is 20.3 Å². The van der Waals surface area contributed by atoms with Crippen LogP contribution in [0.2, 0.25) is 0 Å². The van der Waals surface area contributed by atoms with Gasteiger partial charge in [-0.05, 0) is 25.0 Å². The monoisotopic (exact) mass is 301 g/mol. The van der Waals surface area contributed by atoms with Crippen molar-refractivity contribution in [1.29, 1.82) is 0 Å². The number of anilines is 1. The number of carbonyl (C=O) groups excluding carboxylic acids is 1. The molecule has 0 bridgehead atoms. The van der Waals surface area contributed by atoms with Crippen LogP contribution in [0.15, 0.2) is 30.5 Å². The SMILES string of the molecule is CC(C)n1cc(NC(=O)N[C@@H]2c3ccccc3C[C@@H]2O)nn1. The second-order valence-electron chi connectivity index (χ2n) is 5.72. The largest absolute Gasteiger partial charge is 0.390 e. The molecule has 1 aliphatic carbocycles. The van der Waals surface area contributed by atoms with E-state index in [-0.39, 0.29) is 6.04 Å². The standard InChI is InChI=1S/C15H19N5O2/c1-9(2)20-8-13(18-19-20)16-15(22)17-14-11-6-4-3-5-10(11)7-12(14)21/h3-6,8-9,12,14,21H,7H2,1-2H3,(H2,16,17,22)/t12-,14+/m0/s1. The Morgan fingerprint density at radius 2 is 2.18 bits per heavy atom. The summed E-state index contributed by atoms with van der Waals surface area (Å²) in [5.41, 5.74) is 2.02. The molecule has 0 radical (unpaired) electrons. The van der Waals surface area contributed by atoms with Gasteiger partial charge in [0, 0.05) is 12.5 Å². The molecule has 0 spiro atoms. The lowest BCUT2D eigenvalue weighted by Crippen LogP contribution is -2.36. The Morgan fingerprint density at radius 1 is 1.41 bits per heavy atom. The maximum atomic E-state index is 12.1. The van der Waals surface area contributed by atoms with Crippen LogP contribution in [0.5, 0.6) is 0 Å². The Bertz CT molecular complexity index is 682. The third kappa shape index (κ3) is 2.80. The summed E-state index contributed by atoms with van der Waals surface area (Å²) in [6, 6.07) is 7.08. The van der Waals surface area contributed by atoms with Crippen molar-refractivity contribution in [2.45, 2.75) is 38.5 Å². The highest BCUT2D eigenvalue weighted by Crippen LogP contribution is 2.31. The number of hydrogen-bond donors (Lipinski definition) is 3. The van der Waals surface area contributed by atoms with E-state index in [0.29, 0.717) is 12.2 Å². The molecule has 1 aromatic carbocycles. The molecular formula is C15H19N5O2. The van der Waals surface area contributed by atoms with Crippen LogP contribution in [0.4, 0.5) is 10.6 Å². The van der Waals surface area contributed by atoms with E-state index in [1.807, 2.05) is 38.1 Å². The second-order valence-corrected chi connectivity index (χ2v) is 5.72. The molecular weight excluding hydrogens is 282 g/mol. The number of benzene rings is 1. The minimum Gasteiger partial charge on any atom is -0.390 e. The van der Waals surface area contributed by atoms with Crippen molar-refractivity contribution >= 4 is 11.8 Å². The quantitative estimate of drug-likeness (QED) is 0.803. The number of aromatic nitrogens is 3. The Hall–Kier alpha value is -2.41. The van der Waals surface area contributed by atoms with Gasteiger partial charge in [0.15, 0.2) is 5.82 Å². The Kier molecular flexibility index (Phi) is 3.81. The van der Waals surface area contributed by atoms with E-state index in [2.05, 4.69) is 20.9 Å². The van der Waals surface area contributed by atoms with Gasteiger partial charge < -0.3 is 10.4 Å². The highest BCUT2D eigenvalue weighted by molar-refractivity contribution is 5.88. The first kappa shape index (κ1) is 14.5. The highest BCUT2D eigenvalue weighted by atomic mass is 16.3. The minimum atomic E-state index is -0.616. The average Bonchev–Trinajstić information content (AvgIpc) is 3.05. The molecule has 2 aromatic rings. The van der Waals surface area contributed by atoms with Crippen molar-refractivity contribution in [3.8, 4) is 0 Å². The molecule has 116 valence electrons. The van der Waals surface area contributed by atoms with Crippen LogP contribution in [0.3, 0.4) is 0 Å². The van der Waals surface area contributed by atoms with E-state index in [0.717, 1.165) is 11.1 Å². The van der Waals surface area contributed by atoms with Crippen LogP contribution in [0, 0.1) is 0 Å². The molecule has 2 amide bonds. The molecule has 0 saturated carbocycles. The average molecular weight is 301 g/mol. The number of aliphatic hydroxyl groups excluding tert-OH is 1. The third-order valence-corrected chi connectivity index (χ3v) is 3.77. The van der Waals surface area contributed by atoms with E-state index in [1.165, 1.54) is 0 Å². The first-order valence-corrected chi connectivity index (χ1v) is 7.30. The van der Waals surface area contributed by atoms with Crippen molar-refractivity contribution in [3.05, 3.63) is 41.6 Å². The summed E-state index contributed by atoms with van der Waals surface area (Å²) in [6.07, 6.45) is 1.60. The third-order valence-electron chi connectivity index (χ3n) is 3.77. The van der Waals surface area contributed by atoms with Gasteiger partial charge in [0.2, 0.25) is 0 Å². The van der Waals surface area contributed by atoms with E-state index in [1.54, 1.807) is 10.9 Å². The van der Waals surface area contributed by atoms with Gasteiger partial charge in [0.1, 0.15) is 0 Å². The number of fused-ring (bicyclic) bond motifs is 1.